The van der Waals surface area contributed by atoms with Crippen molar-refractivity contribution in [3.05, 3.63) is 30.0 Å². The summed E-state index contributed by atoms with van der Waals surface area (Å²) < 4.78 is 0. The van der Waals surface area contributed by atoms with Crippen LogP contribution in [0.2, 0.25) is 0 Å². The van der Waals surface area contributed by atoms with Crippen LogP contribution < -0.4 is 5.32 Å². The summed E-state index contributed by atoms with van der Waals surface area (Å²) in [4.78, 5) is 55.4. The number of piperazine rings is 1. The van der Waals surface area contributed by atoms with Crippen molar-refractivity contribution >= 4 is 40.3 Å². The largest absolute Gasteiger partial charge is 0.481 e. The number of carbonyl (C=O) groups is 4. The highest BCUT2D eigenvalue weighted by atomic mass is 16.4. The molecule has 0 spiro atoms. The number of anilines is 1. The van der Waals surface area contributed by atoms with E-state index in [0.29, 0.717) is 49.4 Å². The molecule has 1 aromatic heterocycles. The molecule has 2 aromatic rings. The Morgan fingerprint density at radius 2 is 1.79 bits per heavy atom. The van der Waals surface area contributed by atoms with E-state index in [0.717, 1.165) is 5.52 Å². The van der Waals surface area contributed by atoms with E-state index in [-0.39, 0.29) is 18.7 Å². The number of aromatic nitrogens is 1. The molecule has 2 heterocycles. The fraction of sp³-hybridized carbons (Fsp3) is 0.455. The smallest absolute Gasteiger partial charge is 0.325 e. The van der Waals surface area contributed by atoms with Gasteiger partial charge >= 0.3 is 11.9 Å². The first-order valence-corrected chi connectivity index (χ1v) is 10.7. The molecule has 3 rings (SSSR count). The van der Waals surface area contributed by atoms with Crippen LogP contribution in [0, 0.1) is 0 Å². The van der Waals surface area contributed by atoms with Gasteiger partial charge in [0.15, 0.2) is 0 Å². The number of benzene rings is 1. The Morgan fingerprint density at radius 3 is 2.39 bits per heavy atom. The third kappa shape index (κ3) is 6.08. The third-order valence-electron chi connectivity index (χ3n) is 5.72. The Balaban J connectivity index is 1.75. The first-order valence-electron chi connectivity index (χ1n) is 10.7. The molecule has 0 aliphatic carbocycles. The predicted molar refractivity (Wildman–Crippen MR) is 121 cm³/mol. The topological polar surface area (TPSA) is 146 Å². The van der Waals surface area contributed by atoms with Crippen LogP contribution in [0.1, 0.15) is 24.4 Å². The lowest BCUT2D eigenvalue weighted by Gasteiger charge is -2.37. The van der Waals surface area contributed by atoms with Gasteiger partial charge in [0, 0.05) is 75.0 Å². The number of rotatable bonds is 9. The maximum absolute atomic E-state index is 12.2. The molecule has 4 N–H and O–H groups in total. The molecule has 0 radical (unpaired) electrons. The molecule has 0 saturated carbocycles. The minimum Gasteiger partial charge on any atom is -0.481 e. The second kappa shape index (κ2) is 10.5. The van der Waals surface area contributed by atoms with E-state index in [9.17, 15) is 24.3 Å². The molecule has 1 aliphatic rings. The highest BCUT2D eigenvalue weighted by Crippen LogP contribution is 2.31. The summed E-state index contributed by atoms with van der Waals surface area (Å²) in [5.74, 6) is -2.45. The zero-order valence-electron chi connectivity index (χ0n) is 18.7. The quantitative estimate of drug-likeness (QED) is 0.431. The van der Waals surface area contributed by atoms with E-state index in [1.54, 1.807) is 38.5 Å². The minimum atomic E-state index is -1.05. The number of hydrogen-bond donors (Lipinski definition) is 4. The summed E-state index contributed by atoms with van der Waals surface area (Å²) in [5.41, 5.74) is 1.78. The number of amides is 2. The second-order valence-electron chi connectivity index (χ2n) is 8.29. The maximum atomic E-state index is 12.2. The lowest BCUT2D eigenvalue weighted by Crippen LogP contribution is -2.51. The first kappa shape index (κ1) is 24.2. The predicted octanol–water partition coefficient (Wildman–Crippen LogP) is 0.803. The zero-order chi connectivity index (χ0) is 24.1. The summed E-state index contributed by atoms with van der Waals surface area (Å²) in [6.07, 6.45) is 1.25. The summed E-state index contributed by atoms with van der Waals surface area (Å²) in [6, 6.07) is 4.23. The van der Waals surface area contributed by atoms with E-state index in [2.05, 4.69) is 10.3 Å². The van der Waals surface area contributed by atoms with Crippen molar-refractivity contribution in [3.63, 3.8) is 0 Å². The van der Waals surface area contributed by atoms with E-state index >= 15 is 0 Å². The van der Waals surface area contributed by atoms with Gasteiger partial charge in [-0.25, -0.2) is 0 Å². The van der Waals surface area contributed by atoms with Gasteiger partial charge in [-0.3, -0.25) is 29.0 Å². The molecule has 0 unspecified atom stereocenters. The molecule has 0 bridgehead atoms. The zero-order valence-corrected chi connectivity index (χ0v) is 18.7. The molecule has 11 nitrogen and oxygen atoms in total. The van der Waals surface area contributed by atoms with Crippen molar-refractivity contribution in [2.75, 3.05) is 52.1 Å². The molecule has 178 valence electrons. The van der Waals surface area contributed by atoms with Gasteiger partial charge in [-0.15, -0.1) is 0 Å². The monoisotopic (exact) mass is 459 g/mol. The molecule has 1 saturated heterocycles. The summed E-state index contributed by atoms with van der Waals surface area (Å²) in [5, 5.41) is 22.1. The van der Waals surface area contributed by atoms with Crippen LogP contribution in [0.4, 0.5) is 5.69 Å². The van der Waals surface area contributed by atoms with E-state index in [1.807, 2.05) is 9.80 Å². The number of hydrogen-bond acceptors (Lipinski definition) is 6. The molecule has 1 fully saturated rings. The number of nitrogens with one attached hydrogen (secondary N) is 2. The lowest BCUT2D eigenvalue weighted by atomic mass is 10.0. The van der Waals surface area contributed by atoms with Crippen LogP contribution >= 0.6 is 0 Å². The molecule has 33 heavy (non-hydrogen) atoms. The number of H-pyrrole nitrogens is 1. The van der Waals surface area contributed by atoms with Crippen LogP contribution in [0.15, 0.2) is 24.4 Å². The van der Waals surface area contributed by atoms with Crippen molar-refractivity contribution in [1.82, 2.24) is 19.7 Å². The van der Waals surface area contributed by atoms with Gasteiger partial charge in [0.2, 0.25) is 11.8 Å². The molecule has 2 amide bonds. The highest BCUT2D eigenvalue weighted by Gasteiger charge is 2.32. The Morgan fingerprint density at radius 1 is 1.09 bits per heavy atom. The van der Waals surface area contributed by atoms with Gasteiger partial charge in [0.05, 0.1) is 13.0 Å². The molecule has 1 aromatic carbocycles. The fourth-order valence-electron chi connectivity index (χ4n) is 3.89. The molecular weight excluding hydrogens is 430 g/mol. The number of aliphatic carboxylic acids is 2. The Labute approximate surface area is 190 Å². The van der Waals surface area contributed by atoms with Gasteiger partial charge in [-0.2, -0.15) is 0 Å². The van der Waals surface area contributed by atoms with Gasteiger partial charge in [0.25, 0.3) is 0 Å². The third-order valence-corrected chi connectivity index (χ3v) is 5.72. The van der Waals surface area contributed by atoms with Gasteiger partial charge in [0.1, 0.15) is 6.04 Å². The highest BCUT2D eigenvalue weighted by molar-refractivity contribution is 5.96. The number of nitrogens with zero attached hydrogens (tertiary/aromatic N) is 3. The molecule has 11 heteroatoms. The fourth-order valence-corrected chi connectivity index (χ4v) is 3.89. The van der Waals surface area contributed by atoms with E-state index in [4.69, 9.17) is 5.11 Å². The number of carboxylic acids is 2. The number of fused-ring (bicyclic) bond motifs is 1. The summed E-state index contributed by atoms with van der Waals surface area (Å²) in [6.45, 7) is 2.45. The van der Waals surface area contributed by atoms with E-state index in [1.165, 1.54) is 4.90 Å². The second-order valence-corrected chi connectivity index (χ2v) is 8.29. The standard InChI is InChI=1S/C22H29N5O6/c1-25(2)19(29)13-26-7-9-27(10-8-26)21(22(32)33)16-12-23-17-4-3-14(11-15(16)17)24-18(28)5-6-20(30)31/h3-4,11-12,21,23H,5-10,13H2,1-2H3,(H,24,28)(H,30,31)(H,32,33)/t21-/m0/s1. The summed E-state index contributed by atoms with van der Waals surface area (Å²) >= 11 is 0. The Kier molecular flexibility index (Phi) is 7.67. The summed E-state index contributed by atoms with van der Waals surface area (Å²) in [7, 11) is 3.41. The van der Waals surface area contributed by atoms with Crippen LogP contribution in [0.5, 0.6) is 0 Å². The number of carboxylic acid groups (broad SMARTS) is 2. The SMILES string of the molecule is CN(C)C(=O)CN1CCN([C@H](C(=O)O)c2c[nH]c3ccc(NC(=O)CCC(=O)O)cc23)CC1. The number of carbonyl (C=O) groups excluding carboxylic acids is 2. The van der Waals surface area contributed by atoms with Crippen LogP contribution in [0.3, 0.4) is 0 Å². The Hall–Kier alpha value is -3.44. The number of aromatic amines is 1. The molecule has 1 atom stereocenters. The molecule has 1 aliphatic heterocycles. The van der Waals surface area contributed by atoms with Crippen LogP contribution in [-0.2, 0) is 19.2 Å². The average molecular weight is 460 g/mol. The lowest BCUT2D eigenvalue weighted by molar-refractivity contribution is -0.145. The van der Waals surface area contributed by atoms with Crippen LogP contribution in [0.25, 0.3) is 10.9 Å². The average Bonchev–Trinajstić information content (AvgIpc) is 3.16. The van der Waals surface area contributed by atoms with Crippen molar-refractivity contribution in [1.29, 1.82) is 0 Å². The minimum absolute atomic E-state index is 0.00722. The van der Waals surface area contributed by atoms with Crippen molar-refractivity contribution in [2.45, 2.75) is 18.9 Å². The first-order chi connectivity index (χ1) is 15.7. The van der Waals surface area contributed by atoms with Crippen molar-refractivity contribution in [2.24, 2.45) is 0 Å². The van der Waals surface area contributed by atoms with Gasteiger partial charge in [-0.1, -0.05) is 0 Å². The maximum Gasteiger partial charge on any atom is 0.325 e. The van der Waals surface area contributed by atoms with Crippen LogP contribution in [-0.4, -0.2) is 100 Å². The van der Waals surface area contributed by atoms with Gasteiger partial charge in [-0.05, 0) is 18.2 Å². The molecular formula is C22H29N5O6. The normalized spacial score (nSPS) is 15.8. The van der Waals surface area contributed by atoms with E-state index < -0.39 is 23.9 Å². The van der Waals surface area contributed by atoms with Gasteiger partial charge < -0.3 is 25.4 Å². The number of likely N-dealkylation sites (N-methyl/N-ethyl adjacent to an activating group) is 1. The van der Waals surface area contributed by atoms with Crippen molar-refractivity contribution in [3.8, 4) is 0 Å². The van der Waals surface area contributed by atoms with Crippen molar-refractivity contribution < 1.29 is 29.4 Å². The Bertz CT molecular complexity index is 1040.